The largest absolute Gasteiger partial charge is 0.392 e. The maximum Gasteiger partial charge on any atom is 0.244 e. The van der Waals surface area contributed by atoms with Crippen LogP contribution in [0.5, 0.6) is 0 Å². The molecule has 5 nitrogen and oxygen atoms in total. The van der Waals surface area contributed by atoms with Gasteiger partial charge in [0.05, 0.1) is 17.5 Å². The van der Waals surface area contributed by atoms with Gasteiger partial charge < -0.3 is 10.4 Å². The summed E-state index contributed by atoms with van der Waals surface area (Å²) in [7, 11) is 0. The average Bonchev–Trinajstić information content (AvgIpc) is 3.10. The Bertz CT molecular complexity index is 932. The molecule has 27 heavy (non-hydrogen) atoms. The lowest BCUT2D eigenvalue weighted by atomic mass is 10.1. The van der Waals surface area contributed by atoms with Crippen molar-refractivity contribution in [2.24, 2.45) is 0 Å². The van der Waals surface area contributed by atoms with Gasteiger partial charge in [-0.25, -0.2) is 9.07 Å². The first-order valence-electron chi connectivity index (χ1n) is 8.58. The zero-order chi connectivity index (χ0) is 19.2. The number of hydrogen-bond donors (Lipinski definition) is 2. The molecule has 0 aliphatic heterocycles. The van der Waals surface area contributed by atoms with E-state index in [2.05, 4.69) is 10.4 Å². The van der Waals surface area contributed by atoms with E-state index in [0.29, 0.717) is 5.69 Å². The highest BCUT2D eigenvalue weighted by molar-refractivity contribution is 5.92. The van der Waals surface area contributed by atoms with Gasteiger partial charge in [0.2, 0.25) is 5.91 Å². The van der Waals surface area contributed by atoms with Crippen molar-refractivity contribution in [3.8, 4) is 16.9 Å². The minimum Gasteiger partial charge on any atom is -0.392 e. The first-order chi connectivity index (χ1) is 13.0. The molecule has 0 radical (unpaired) electrons. The Morgan fingerprint density at radius 1 is 1.22 bits per heavy atom. The van der Waals surface area contributed by atoms with Crippen LogP contribution in [0.1, 0.15) is 12.5 Å². The van der Waals surface area contributed by atoms with Gasteiger partial charge in [-0.1, -0.05) is 18.2 Å². The van der Waals surface area contributed by atoms with Gasteiger partial charge in [-0.2, -0.15) is 5.10 Å². The molecule has 2 N–H and O–H groups in total. The van der Waals surface area contributed by atoms with E-state index in [1.54, 1.807) is 29.8 Å². The second-order valence-electron chi connectivity index (χ2n) is 6.15. The number of halogens is 1. The standard InChI is InChI=1S/C21H20FN3O2/c1-15(26)13-23-20(27)12-9-17-14-25(19-5-3-2-4-6-19)24-21(17)16-7-10-18(22)11-8-16/h2-12,14-15,26H,13H2,1H3,(H,23,27)/b12-9+. The van der Waals surface area contributed by atoms with Crippen molar-refractivity contribution < 1.29 is 14.3 Å². The Labute approximate surface area is 156 Å². The van der Waals surface area contributed by atoms with Crippen LogP contribution in [0.25, 0.3) is 23.0 Å². The molecule has 138 valence electrons. The summed E-state index contributed by atoms with van der Waals surface area (Å²) in [6.07, 6.45) is 4.24. The zero-order valence-corrected chi connectivity index (χ0v) is 14.8. The second kappa shape index (κ2) is 8.42. The molecule has 0 saturated heterocycles. The fourth-order valence-corrected chi connectivity index (χ4v) is 2.53. The van der Waals surface area contributed by atoms with E-state index in [4.69, 9.17) is 0 Å². The van der Waals surface area contributed by atoms with E-state index in [1.807, 2.05) is 36.5 Å². The number of amides is 1. The maximum atomic E-state index is 13.3. The summed E-state index contributed by atoms with van der Waals surface area (Å²) in [5.41, 5.74) is 2.98. The van der Waals surface area contributed by atoms with Crippen LogP contribution in [0.15, 0.2) is 66.9 Å². The number of carbonyl (C=O) groups is 1. The molecule has 0 aliphatic carbocycles. The monoisotopic (exact) mass is 365 g/mol. The molecule has 1 heterocycles. The summed E-state index contributed by atoms with van der Waals surface area (Å²) in [5, 5.41) is 16.5. The van der Waals surface area contributed by atoms with Gasteiger partial charge in [-0.15, -0.1) is 0 Å². The molecule has 0 saturated carbocycles. The first-order valence-corrected chi connectivity index (χ1v) is 8.58. The Hall–Kier alpha value is -3.25. The number of benzene rings is 2. The van der Waals surface area contributed by atoms with E-state index in [1.165, 1.54) is 18.2 Å². The summed E-state index contributed by atoms with van der Waals surface area (Å²) in [6, 6.07) is 15.6. The average molecular weight is 365 g/mol. The van der Waals surface area contributed by atoms with Crippen LogP contribution in [-0.4, -0.2) is 33.4 Å². The minimum absolute atomic E-state index is 0.178. The molecular formula is C21H20FN3O2. The van der Waals surface area contributed by atoms with Crippen molar-refractivity contribution in [2.75, 3.05) is 6.54 Å². The molecule has 0 bridgehead atoms. The fraction of sp³-hybridized carbons (Fsp3) is 0.143. The summed E-state index contributed by atoms with van der Waals surface area (Å²) >= 11 is 0. The Kier molecular flexibility index (Phi) is 5.78. The molecule has 2 aromatic carbocycles. The topological polar surface area (TPSA) is 67.2 Å². The number of carbonyl (C=O) groups excluding carboxylic acids is 1. The quantitative estimate of drug-likeness (QED) is 0.659. The van der Waals surface area contributed by atoms with E-state index in [9.17, 15) is 14.3 Å². The highest BCUT2D eigenvalue weighted by Crippen LogP contribution is 2.25. The van der Waals surface area contributed by atoms with Crippen LogP contribution >= 0.6 is 0 Å². The van der Waals surface area contributed by atoms with Crippen LogP contribution in [0, 0.1) is 5.82 Å². The lowest BCUT2D eigenvalue weighted by Crippen LogP contribution is -2.28. The summed E-state index contributed by atoms with van der Waals surface area (Å²) in [4.78, 5) is 11.9. The first kappa shape index (κ1) is 18.5. The van der Waals surface area contributed by atoms with Gasteiger partial charge >= 0.3 is 0 Å². The molecule has 3 aromatic rings. The van der Waals surface area contributed by atoms with Crippen molar-refractivity contribution in [1.82, 2.24) is 15.1 Å². The molecule has 0 fully saturated rings. The van der Waals surface area contributed by atoms with Crippen molar-refractivity contribution in [3.05, 3.63) is 78.3 Å². The van der Waals surface area contributed by atoms with E-state index < -0.39 is 6.10 Å². The van der Waals surface area contributed by atoms with Crippen molar-refractivity contribution >= 4 is 12.0 Å². The van der Waals surface area contributed by atoms with Crippen molar-refractivity contribution in [3.63, 3.8) is 0 Å². The van der Waals surface area contributed by atoms with Gasteiger partial charge in [0.1, 0.15) is 5.82 Å². The third kappa shape index (κ3) is 4.89. The smallest absolute Gasteiger partial charge is 0.244 e. The molecule has 1 atom stereocenters. The normalized spacial score (nSPS) is 12.3. The Balaban J connectivity index is 1.94. The van der Waals surface area contributed by atoms with Gasteiger partial charge in [-0.05, 0) is 49.4 Å². The zero-order valence-electron chi connectivity index (χ0n) is 14.8. The second-order valence-corrected chi connectivity index (χ2v) is 6.15. The number of aliphatic hydroxyl groups is 1. The van der Waals surface area contributed by atoms with Gasteiger partial charge in [0.15, 0.2) is 0 Å². The van der Waals surface area contributed by atoms with Gasteiger partial charge in [0.25, 0.3) is 0 Å². The van der Waals surface area contributed by atoms with Crippen LogP contribution in [-0.2, 0) is 4.79 Å². The van der Waals surface area contributed by atoms with Crippen molar-refractivity contribution in [2.45, 2.75) is 13.0 Å². The van der Waals surface area contributed by atoms with E-state index in [-0.39, 0.29) is 18.3 Å². The molecule has 6 heteroatoms. The number of hydrogen-bond acceptors (Lipinski definition) is 3. The molecule has 1 aromatic heterocycles. The molecular weight excluding hydrogens is 345 g/mol. The van der Waals surface area contributed by atoms with Crippen LogP contribution in [0.2, 0.25) is 0 Å². The Morgan fingerprint density at radius 3 is 2.59 bits per heavy atom. The molecule has 1 amide bonds. The Morgan fingerprint density at radius 2 is 1.93 bits per heavy atom. The summed E-state index contributed by atoms with van der Waals surface area (Å²) in [6.45, 7) is 1.78. The number of nitrogens with one attached hydrogen (secondary N) is 1. The number of nitrogens with zero attached hydrogens (tertiary/aromatic N) is 2. The highest BCUT2D eigenvalue weighted by Gasteiger charge is 2.11. The van der Waals surface area contributed by atoms with Gasteiger partial charge in [0, 0.05) is 29.9 Å². The molecule has 0 spiro atoms. The fourth-order valence-electron chi connectivity index (χ4n) is 2.53. The predicted molar refractivity (Wildman–Crippen MR) is 103 cm³/mol. The molecule has 3 rings (SSSR count). The van der Waals surface area contributed by atoms with E-state index >= 15 is 0 Å². The summed E-state index contributed by atoms with van der Waals surface area (Å²) in [5.74, 6) is -0.635. The third-order valence-corrected chi connectivity index (χ3v) is 3.87. The SMILES string of the molecule is CC(O)CNC(=O)/C=C/c1cn(-c2ccccc2)nc1-c1ccc(F)cc1. The lowest BCUT2D eigenvalue weighted by Gasteiger charge is -2.03. The molecule has 1 unspecified atom stereocenters. The lowest BCUT2D eigenvalue weighted by molar-refractivity contribution is -0.116. The van der Waals surface area contributed by atoms with E-state index in [0.717, 1.165) is 16.8 Å². The number of aliphatic hydroxyl groups excluding tert-OH is 1. The van der Waals surface area contributed by atoms with Crippen LogP contribution in [0.3, 0.4) is 0 Å². The van der Waals surface area contributed by atoms with Crippen molar-refractivity contribution in [1.29, 1.82) is 0 Å². The van der Waals surface area contributed by atoms with Crippen LogP contribution in [0.4, 0.5) is 4.39 Å². The third-order valence-electron chi connectivity index (χ3n) is 3.87. The minimum atomic E-state index is -0.613. The summed E-state index contributed by atoms with van der Waals surface area (Å²) < 4.78 is 15.0. The van der Waals surface area contributed by atoms with Crippen LogP contribution < -0.4 is 5.32 Å². The highest BCUT2D eigenvalue weighted by atomic mass is 19.1. The number of aromatic nitrogens is 2. The van der Waals surface area contributed by atoms with Gasteiger partial charge in [-0.3, -0.25) is 4.79 Å². The molecule has 0 aliphatic rings. The number of rotatable bonds is 6. The maximum absolute atomic E-state index is 13.3. The predicted octanol–water partition coefficient (Wildman–Crippen LogP) is 3.19. The number of para-hydroxylation sites is 1.